The number of methoxy groups -OCH3 is 1. The van der Waals surface area contributed by atoms with Crippen molar-refractivity contribution in [1.29, 1.82) is 0 Å². The molecule has 0 saturated carbocycles. The summed E-state index contributed by atoms with van der Waals surface area (Å²) in [6.45, 7) is 2.58. The van der Waals surface area contributed by atoms with Gasteiger partial charge >= 0.3 is 0 Å². The maximum atomic E-state index is 4.89. The summed E-state index contributed by atoms with van der Waals surface area (Å²) in [4.78, 5) is 3.92. The molecule has 0 radical (unpaired) electrons. The number of nitrogens with zero attached hydrogens (tertiary/aromatic N) is 2. The van der Waals surface area contributed by atoms with Crippen LogP contribution >= 0.6 is 0 Å². The number of ether oxygens (including phenoxy) is 1. The van der Waals surface area contributed by atoms with E-state index in [9.17, 15) is 0 Å². The van der Waals surface area contributed by atoms with Gasteiger partial charge in [0, 0.05) is 19.0 Å². The predicted molar refractivity (Wildman–Crippen MR) is 34.0 cm³/mol. The van der Waals surface area contributed by atoms with E-state index in [0.717, 1.165) is 5.69 Å². The van der Waals surface area contributed by atoms with Crippen molar-refractivity contribution in [2.75, 3.05) is 7.11 Å². The van der Waals surface area contributed by atoms with Crippen LogP contribution in [-0.2, 0) is 11.5 Å². The van der Waals surface area contributed by atoms with E-state index in [-0.39, 0.29) is 0 Å². The third-order valence-corrected chi connectivity index (χ3v) is 1.19. The Morgan fingerprint density at radius 1 is 1.78 bits per heavy atom. The number of imidazole rings is 1. The molecule has 1 heterocycles. The fourth-order valence-corrected chi connectivity index (χ4v) is 0.661. The van der Waals surface area contributed by atoms with Crippen molar-refractivity contribution in [3.63, 3.8) is 0 Å². The van der Waals surface area contributed by atoms with Gasteiger partial charge in [-0.3, -0.25) is 0 Å². The summed E-state index contributed by atoms with van der Waals surface area (Å²) in [5, 5.41) is 0. The molecule has 9 heavy (non-hydrogen) atoms. The Bertz CT molecular complexity index is 183. The minimum atomic E-state index is 0.589. The average molecular weight is 126 g/mol. The number of aryl methyl sites for hydroxylation is 1. The molecular weight excluding hydrogens is 116 g/mol. The summed E-state index contributed by atoms with van der Waals surface area (Å²) in [5.74, 6) is 0. The normalized spacial score (nSPS) is 10.0. The Labute approximate surface area is 54.3 Å². The molecule has 0 spiro atoms. The van der Waals surface area contributed by atoms with Gasteiger partial charge in [-0.05, 0) is 6.92 Å². The van der Waals surface area contributed by atoms with E-state index in [0.29, 0.717) is 6.73 Å². The minimum Gasteiger partial charge on any atom is -0.364 e. The van der Waals surface area contributed by atoms with Crippen LogP contribution in [0.15, 0.2) is 12.5 Å². The zero-order valence-electron chi connectivity index (χ0n) is 5.66. The molecule has 0 fully saturated rings. The lowest BCUT2D eigenvalue weighted by atomic mass is 10.5. The van der Waals surface area contributed by atoms with Crippen molar-refractivity contribution in [3.8, 4) is 0 Å². The third kappa shape index (κ3) is 1.29. The molecule has 0 atom stereocenters. The first-order chi connectivity index (χ1) is 4.34. The van der Waals surface area contributed by atoms with Gasteiger partial charge in [-0.2, -0.15) is 0 Å². The summed E-state index contributed by atoms with van der Waals surface area (Å²) in [7, 11) is 1.67. The standard InChI is InChI=1S/C6H10N2O/c1-6-3-7-4-8(6)5-9-2/h3-4H,5H2,1-2H3. The zero-order valence-corrected chi connectivity index (χ0v) is 5.66. The average Bonchev–Trinajstić information content (AvgIpc) is 2.18. The summed E-state index contributed by atoms with van der Waals surface area (Å²) in [6.07, 6.45) is 3.55. The van der Waals surface area contributed by atoms with Crippen molar-refractivity contribution in [1.82, 2.24) is 9.55 Å². The van der Waals surface area contributed by atoms with Gasteiger partial charge in [0.2, 0.25) is 0 Å². The molecule has 0 aromatic carbocycles. The third-order valence-electron chi connectivity index (χ3n) is 1.19. The molecule has 1 aromatic rings. The maximum absolute atomic E-state index is 4.89. The molecule has 3 nitrogen and oxygen atoms in total. The molecule has 0 aliphatic heterocycles. The molecule has 0 N–H and O–H groups in total. The lowest BCUT2D eigenvalue weighted by molar-refractivity contribution is 0.129. The second-order valence-electron chi connectivity index (χ2n) is 1.92. The molecular formula is C6H10N2O. The number of hydrogen-bond donors (Lipinski definition) is 0. The van der Waals surface area contributed by atoms with Crippen LogP contribution in [-0.4, -0.2) is 16.7 Å². The van der Waals surface area contributed by atoms with Gasteiger partial charge in [0.1, 0.15) is 6.73 Å². The molecule has 3 heteroatoms. The van der Waals surface area contributed by atoms with E-state index >= 15 is 0 Å². The van der Waals surface area contributed by atoms with Gasteiger partial charge in [-0.1, -0.05) is 0 Å². The van der Waals surface area contributed by atoms with Crippen molar-refractivity contribution in [3.05, 3.63) is 18.2 Å². The van der Waals surface area contributed by atoms with Crippen molar-refractivity contribution in [2.45, 2.75) is 13.7 Å². The van der Waals surface area contributed by atoms with Crippen LogP contribution in [0.1, 0.15) is 5.69 Å². The Morgan fingerprint density at radius 2 is 2.56 bits per heavy atom. The van der Waals surface area contributed by atoms with Crippen molar-refractivity contribution in [2.24, 2.45) is 0 Å². The molecule has 1 rings (SSSR count). The Balaban J connectivity index is 2.69. The molecule has 0 amide bonds. The molecule has 0 unspecified atom stereocenters. The van der Waals surface area contributed by atoms with Crippen LogP contribution in [0.25, 0.3) is 0 Å². The highest BCUT2D eigenvalue weighted by molar-refractivity contribution is 4.92. The van der Waals surface area contributed by atoms with Gasteiger partial charge in [-0.25, -0.2) is 4.98 Å². The lowest BCUT2D eigenvalue weighted by Gasteiger charge is -2.00. The first kappa shape index (κ1) is 6.29. The fraction of sp³-hybridized carbons (Fsp3) is 0.500. The smallest absolute Gasteiger partial charge is 0.123 e. The second kappa shape index (κ2) is 2.64. The van der Waals surface area contributed by atoms with E-state index in [1.165, 1.54) is 0 Å². The molecule has 50 valence electrons. The first-order valence-corrected chi connectivity index (χ1v) is 2.80. The summed E-state index contributed by atoms with van der Waals surface area (Å²) < 4.78 is 6.82. The van der Waals surface area contributed by atoms with E-state index in [4.69, 9.17) is 4.74 Å². The SMILES string of the molecule is COCn1cncc1C. The zero-order chi connectivity index (χ0) is 6.69. The minimum absolute atomic E-state index is 0.589. The Hall–Kier alpha value is -0.830. The summed E-state index contributed by atoms with van der Waals surface area (Å²) >= 11 is 0. The summed E-state index contributed by atoms with van der Waals surface area (Å²) in [5.41, 5.74) is 1.12. The van der Waals surface area contributed by atoms with Crippen molar-refractivity contribution < 1.29 is 4.74 Å². The van der Waals surface area contributed by atoms with Crippen LogP contribution < -0.4 is 0 Å². The van der Waals surface area contributed by atoms with Crippen LogP contribution in [0.5, 0.6) is 0 Å². The lowest BCUT2D eigenvalue weighted by Crippen LogP contribution is -1.99. The highest BCUT2D eigenvalue weighted by Crippen LogP contribution is 1.94. The van der Waals surface area contributed by atoms with E-state index in [1.54, 1.807) is 19.6 Å². The molecule has 0 aliphatic carbocycles. The summed E-state index contributed by atoms with van der Waals surface area (Å²) in [6, 6.07) is 0. The topological polar surface area (TPSA) is 27.1 Å². The van der Waals surface area contributed by atoms with Crippen LogP contribution in [0.4, 0.5) is 0 Å². The van der Waals surface area contributed by atoms with Gasteiger partial charge in [0.15, 0.2) is 0 Å². The van der Waals surface area contributed by atoms with E-state index in [1.807, 2.05) is 11.5 Å². The fourth-order valence-electron chi connectivity index (χ4n) is 0.661. The monoisotopic (exact) mass is 126 g/mol. The molecule has 1 aromatic heterocycles. The molecule has 0 saturated heterocycles. The number of aromatic nitrogens is 2. The van der Waals surface area contributed by atoms with Gasteiger partial charge < -0.3 is 9.30 Å². The quantitative estimate of drug-likeness (QED) is 0.586. The highest BCUT2D eigenvalue weighted by Gasteiger charge is 1.91. The Kier molecular flexibility index (Phi) is 1.85. The van der Waals surface area contributed by atoms with E-state index in [2.05, 4.69) is 4.98 Å². The van der Waals surface area contributed by atoms with Crippen molar-refractivity contribution >= 4 is 0 Å². The molecule has 0 bridgehead atoms. The number of rotatable bonds is 2. The highest BCUT2D eigenvalue weighted by atomic mass is 16.5. The largest absolute Gasteiger partial charge is 0.364 e. The van der Waals surface area contributed by atoms with Crippen LogP contribution in [0, 0.1) is 6.92 Å². The molecule has 0 aliphatic rings. The van der Waals surface area contributed by atoms with Gasteiger partial charge in [0.25, 0.3) is 0 Å². The van der Waals surface area contributed by atoms with Crippen LogP contribution in [0.2, 0.25) is 0 Å². The Morgan fingerprint density at radius 3 is 3.00 bits per heavy atom. The number of hydrogen-bond acceptors (Lipinski definition) is 2. The van der Waals surface area contributed by atoms with Crippen LogP contribution in [0.3, 0.4) is 0 Å². The van der Waals surface area contributed by atoms with Gasteiger partial charge in [0.05, 0.1) is 6.33 Å². The maximum Gasteiger partial charge on any atom is 0.123 e. The van der Waals surface area contributed by atoms with Gasteiger partial charge in [-0.15, -0.1) is 0 Å². The first-order valence-electron chi connectivity index (χ1n) is 2.80. The second-order valence-corrected chi connectivity index (χ2v) is 1.92. The van der Waals surface area contributed by atoms with E-state index < -0.39 is 0 Å². The predicted octanol–water partition coefficient (Wildman–Crippen LogP) is 0.795.